The molecule has 3 aromatic rings. The Labute approximate surface area is 147 Å². The summed E-state index contributed by atoms with van der Waals surface area (Å²) in [6, 6.07) is 3.94. The summed E-state index contributed by atoms with van der Waals surface area (Å²) in [7, 11) is 3.30. The van der Waals surface area contributed by atoms with Gasteiger partial charge in [0, 0.05) is 24.5 Å². The van der Waals surface area contributed by atoms with E-state index in [0.717, 1.165) is 40.8 Å². The summed E-state index contributed by atoms with van der Waals surface area (Å²) in [6.07, 6.45) is 2.93. The number of ether oxygens (including phenoxy) is 2. The number of fused-ring (bicyclic) bond motifs is 3. The summed E-state index contributed by atoms with van der Waals surface area (Å²) in [5.41, 5.74) is 2.88. The van der Waals surface area contributed by atoms with Crippen molar-refractivity contribution in [3.05, 3.63) is 18.5 Å². The van der Waals surface area contributed by atoms with Crippen molar-refractivity contribution < 1.29 is 9.47 Å². The molecule has 132 valence electrons. The van der Waals surface area contributed by atoms with Gasteiger partial charge < -0.3 is 19.4 Å². The number of aromatic amines is 1. The number of methoxy groups -OCH3 is 2. The molecule has 0 aliphatic carbocycles. The third-order valence-corrected chi connectivity index (χ3v) is 5.03. The molecule has 3 heterocycles. The van der Waals surface area contributed by atoms with Gasteiger partial charge in [-0.05, 0) is 24.3 Å². The summed E-state index contributed by atoms with van der Waals surface area (Å²) >= 11 is 0. The van der Waals surface area contributed by atoms with E-state index in [4.69, 9.17) is 9.47 Å². The fourth-order valence-electron chi connectivity index (χ4n) is 4.08. The zero-order chi connectivity index (χ0) is 17.6. The maximum absolute atomic E-state index is 5.44. The first-order valence-corrected chi connectivity index (χ1v) is 8.74. The van der Waals surface area contributed by atoms with Crippen molar-refractivity contribution >= 4 is 27.8 Å². The molecule has 0 bridgehead atoms. The van der Waals surface area contributed by atoms with E-state index in [0.29, 0.717) is 23.3 Å². The number of nitrogens with zero attached hydrogens (tertiary/aromatic N) is 3. The minimum atomic E-state index is 0.665. The Balaban J connectivity index is 1.89. The minimum absolute atomic E-state index is 0.665. The topological polar surface area (TPSA) is 63.3 Å². The molecular weight excluding hydrogens is 316 g/mol. The van der Waals surface area contributed by atoms with Gasteiger partial charge >= 0.3 is 0 Å². The number of anilines is 1. The van der Waals surface area contributed by atoms with E-state index in [1.807, 2.05) is 12.1 Å². The van der Waals surface area contributed by atoms with Crippen LogP contribution < -0.4 is 14.4 Å². The molecule has 0 spiro atoms. The molecule has 1 aromatic carbocycles. The Hall–Kier alpha value is -2.50. The first-order chi connectivity index (χ1) is 12.1. The average Bonchev–Trinajstić information content (AvgIpc) is 2.97. The van der Waals surface area contributed by atoms with Gasteiger partial charge in [0.05, 0.1) is 19.7 Å². The molecule has 1 fully saturated rings. The van der Waals surface area contributed by atoms with Crippen molar-refractivity contribution in [1.29, 1.82) is 0 Å². The normalized spacial score (nSPS) is 21.0. The van der Waals surface area contributed by atoms with Crippen molar-refractivity contribution in [3.63, 3.8) is 0 Å². The van der Waals surface area contributed by atoms with Crippen LogP contribution >= 0.6 is 0 Å². The Morgan fingerprint density at radius 2 is 1.72 bits per heavy atom. The predicted octanol–water partition coefficient (Wildman–Crippen LogP) is 3.61. The maximum Gasteiger partial charge on any atom is 0.162 e. The first kappa shape index (κ1) is 16.0. The quantitative estimate of drug-likeness (QED) is 0.789. The van der Waals surface area contributed by atoms with E-state index < -0.39 is 0 Å². The molecule has 4 rings (SSSR count). The van der Waals surface area contributed by atoms with Crippen molar-refractivity contribution in [1.82, 2.24) is 15.0 Å². The van der Waals surface area contributed by atoms with Crippen molar-refractivity contribution in [2.75, 3.05) is 32.2 Å². The third kappa shape index (κ3) is 2.65. The molecule has 0 amide bonds. The number of nitrogens with one attached hydrogen (secondary N) is 1. The highest BCUT2D eigenvalue weighted by atomic mass is 16.5. The molecule has 6 nitrogen and oxygen atoms in total. The minimum Gasteiger partial charge on any atom is -0.493 e. The summed E-state index contributed by atoms with van der Waals surface area (Å²) in [5, 5.41) is 1.02. The highest BCUT2D eigenvalue weighted by molar-refractivity contribution is 6.09. The lowest BCUT2D eigenvalue weighted by molar-refractivity contribution is 0.355. The molecule has 0 radical (unpaired) electrons. The van der Waals surface area contributed by atoms with Gasteiger partial charge in [0.15, 0.2) is 17.3 Å². The molecule has 1 aliphatic heterocycles. The number of piperidine rings is 1. The van der Waals surface area contributed by atoms with Crippen molar-refractivity contribution in [2.24, 2.45) is 11.8 Å². The fourth-order valence-corrected chi connectivity index (χ4v) is 4.08. The Morgan fingerprint density at radius 3 is 2.40 bits per heavy atom. The lowest BCUT2D eigenvalue weighted by Crippen LogP contribution is -2.39. The summed E-state index contributed by atoms with van der Waals surface area (Å²) in [5.74, 6) is 3.72. The van der Waals surface area contributed by atoms with Crippen LogP contribution in [-0.2, 0) is 0 Å². The SMILES string of the molecule is COc1cc2[nH]c3c(N4C[C@H](C)C[C@@H](C)C4)ncnc3c2cc1OC. The fraction of sp³-hybridized carbons (Fsp3) is 0.474. The van der Waals surface area contributed by atoms with Crippen LogP contribution in [0.15, 0.2) is 18.5 Å². The molecule has 0 unspecified atom stereocenters. The van der Waals surface area contributed by atoms with E-state index in [1.165, 1.54) is 6.42 Å². The van der Waals surface area contributed by atoms with Gasteiger partial charge in [-0.15, -0.1) is 0 Å². The van der Waals surface area contributed by atoms with Crippen LogP contribution in [0, 0.1) is 11.8 Å². The van der Waals surface area contributed by atoms with Gasteiger partial charge in [-0.3, -0.25) is 0 Å². The summed E-state index contributed by atoms with van der Waals surface area (Å²) < 4.78 is 10.9. The smallest absolute Gasteiger partial charge is 0.162 e. The molecule has 2 atom stereocenters. The van der Waals surface area contributed by atoms with Crippen molar-refractivity contribution in [2.45, 2.75) is 20.3 Å². The molecule has 0 saturated carbocycles. The van der Waals surface area contributed by atoms with Gasteiger partial charge in [0.2, 0.25) is 0 Å². The number of aromatic nitrogens is 3. The highest BCUT2D eigenvalue weighted by Gasteiger charge is 2.25. The second kappa shape index (κ2) is 6.10. The van der Waals surface area contributed by atoms with E-state index in [1.54, 1.807) is 20.5 Å². The monoisotopic (exact) mass is 340 g/mol. The number of H-pyrrole nitrogens is 1. The lowest BCUT2D eigenvalue weighted by Gasteiger charge is -2.35. The lowest BCUT2D eigenvalue weighted by atomic mass is 9.92. The molecule has 1 aliphatic rings. The summed E-state index contributed by atoms with van der Waals surface area (Å²) in [6.45, 7) is 6.67. The van der Waals surface area contributed by atoms with Gasteiger partial charge in [0.1, 0.15) is 17.4 Å². The zero-order valence-electron chi connectivity index (χ0n) is 15.2. The second-order valence-corrected chi connectivity index (χ2v) is 7.15. The third-order valence-electron chi connectivity index (χ3n) is 5.03. The second-order valence-electron chi connectivity index (χ2n) is 7.15. The highest BCUT2D eigenvalue weighted by Crippen LogP contribution is 2.37. The Morgan fingerprint density at radius 1 is 1.04 bits per heavy atom. The van der Waals surface area contributed by atoms with Gasteiger partial charge in [0.25, 0.3) is 0 Å². The summed E-state index contributed by atoms with van der Waals surface area (Å²) in [4.78, 5) is 15.0. The van der Waals surface area contributed by atoms with Crippen LogP contribution in [0.3, 0.4) is 0 Å². The average molecular weight is 340 g/mol. The van der Waals surface area contributed by atoms with E-state index >= 15 is 0 Å². The van der Waals surface area contributed by atoms with Crippen LogP contribution in [0.1, 0.15) is 20.3 Å². The molecule has 1 saturated heterocycles. The first-order valence-electron chi connectivity index (χ1n) is 8.74. The van der Waals surface area contributed by atoms with Gasteiger partial charge in [-0.25, -0.2) is 9.97 Å². The van der Waals surface area contributed by atoms with E-state index in [-0.39, 0.29) is 0 Å². The molecule has 1 N–H and O–H groups in total. The number of hydrogen-bond acceptors (Lipinski definition) is 5. The van der Waals surface area contributed by atoms with Gasteiger partial charge in [-0.1, -0.05) is 13.8 Å². The van der Waals surface area contributed by atoms with Gasteiger partial charge in [-0.2, -0.15) is 0 Å². The number of benzene rings is 1. The van der Waals surface area contributed by atoms with Crippen LogP contribution in [0.2, 0.25) is 0 Å². The van der Waals surface area contributed by atoms with Crippen LogP contribution in [0.25, 0.3) is 21.9 Å². The molecule has 25 heavy (non-hydrogen) atoms. The maximum atomic E-state index is 5.44. The number of hydrogen-bond donors (Lipinski definition) is 1. The molecule has 6 heteroatoms. The predicted molar refractivity (Wildman–Crippen MR) is 99.7 cm³/mol. The largest absolute Gasteiger partial charge is 0.493 e. The molecule has 2 aromatic heterocycles. The zero-order valence-corrected chi connectivity index (χ0v) is 15.2. The van der Waals surface area contributed by atoms with Crippen LogP contribution in [-0.4, -0.2) is 42.3 Å². The Kier molecular flexibility index (Phi) is 3.90. The van der Waals surface area contributed by atoms with Crippen LogP contribution in [0.4, 0.5) is 5.82 Å². The molecular formula is C19H24N4O2. The van der Waals surface area contributed by atoms with Crippen molar-refractivity contribution in [3.8, 4) is 11.5 Å². The standard InChI is InChI=1S/C19H24N4O2/c1-11-5-12(2)9-23(8-11)19-18-17(20-10-21-19)13-6-15(24-3)16(25-4)7-14(13)22-18/h6-7,10-12,22H,5,8-9H2,1-4H3/t11-,12-/m1/s1. The van der Waals surface area contributed by atoms with Crippen LogP contribution in [0.5, 0.6) is 11.5 Å². The Bertz CT molecular complexity index is 911. The van der Waals surface area contributed by atoms with E-state index in [9.17, 15) is 0 Å². The van der Waals surface area contributed by atoms with E-state index in [2.05, 4.69) is 33.7 Å². The number of rotatable bonds is 3.